The zero-order chi connectivity index (χ0) is 7.72. The summed E-state index contributed by atoms with van der Waals surface area (Å²) in [7, 11) is 0. The summed E-state index contributed by atoms with van der Waals surface area (Å²) in [4.78, 5) is 0. The molecule has 0 aromatic heterocycles. The average molecular weight is 250 g/mol. The lowest BCUT2D eigenvalue weighted by atomic mass is 10.1. The number of hydrogen-bond donors (Lipinski definition) is 0. The molecule has 0 aliphatic carbocycles. The van der Waals surface area contributed by atoms with E-state index in [1.807, 2.05) is 41.6 Å². The first-order valence-corrected chi connectivity index (χ1v) is 4.11. The smallest absolute Gasteiger partial charge is 0.139 e. The summed E-state index contributed by atoms with van der Waals surface area (Å²) in [6.07, 6.45) is 0. The predicted molar refractivity (Wildman–Crippen MR) is 48.6 cm³/mol. The number of benzene rings is 1. The topological polar surface area (TPSA) is 0 Å². The maximum atomic E-state index is 12.9. The number of aryl methyl sites for hydroxylation is 2. The van der Waals surface area contributed by atoms with E-state index in [0.29, 0.717) is 3.57 Å². The maximum Gasteiger partial charge on any atom is 0.139 e. The summed E-state index contributed by atoms with van der Waals surface area (Å²) in [6, 6.07) is 3.68. The molecule has 1 aromatic rings. The molecule has 0 radical (unpaired) electrons. The van der Waals surface area contributed by atoms with Crippen molar-refractivity contribution in [3.8, 4) is 0 Å². The fourth-order valence-electron chi connectivity index (χ4n) is 0.898. The van der Waals surface area contributed by atoms with Crippen molar-refractivity contribution in [2.24, 2.45) is 0 Å². The molecule has 0 unspecified atom stereocenters. The van der Waals surface area contributed by atoms with Gasteiger partial charge in [0.1, 0.15) is 5.82 Å². The third kappa shape index (κ3) is 1.48. The van der Waals surface area contributed by atoms with Gasteiger partial charge in [-0.25, -0.2) is 4.39 Å². The van der Waals surface area contributed by atoms with Crippen molar-refractivity contribution in [2.45, 2.75) is 13.8 Å². The second-order valence-corrected chi connectivity index (χ2v) is 3.54. The van der Waals surface area contributed by atoms with Crippen LogP contribution in [0, 0.1) is 23.2 Å². The quantitative estimate of drug-likeness (QED) is 0.621. The van der Waals surface area contributed by atoms with Crippen molar-refractivity contribution < 1.29 is 4.39 Å². The van der Waals surface area contributed by atoms with Crippen molar-refractivity contribution in [3.05, 3.63) is 32.6 Å². The lowest BCUT2D eigenvalue weighted by Gasteiger charge is -1.99. The fraction of sp³-hybridized carbons (Fsp3) is 0.250. The van der Waals surface area contributed by atoms with Crippen LogP contribution >= 0.6 is 22.6 Å². The molecular formula is C8H8FI. The van der Waals surface area contributed by atoms with Crippen LogP contribution in [0.25, 0.3) is 0 Å². The SMILES string of the molecule is Cc1cc(C)c(F)c(I)c1. The van der Waals surface area contributed by atoms with Crippen LogP contribution in [0.1, 0.15) is 11.1 Å². The molecule has 0 spiro atoms. The largest absolute Gasteiger partial charge is 0.206 e. The minimum Gasteiger partial charge on any atom is -0.206 e. The number of rotatable bonds is 0. The fourth-order valence-corrected chi connectivity index (χ4v) is 1.81. The lowest BCUT2D eigenvalue weighted by molar-refractivity contribution is 0.610. The third-order valence-electron chi connectivity index (χ3n) is 1.35. The Morgan fingerprint density at radius 3 is 2.40 bits per heavy atom. The van der Waals surface area contributed by atoms with Gasteiger partial charge in [0.05, 0.1) is 0 Å². The van der Waals surface area contributed by atoms with E-state index in [0.717, 1.165) is 11.1 Å². The second-order valence-electron chi connectivity index (χ2n) is 2.38. The number of halogens is 2. The molecule has 0 nitrogen and oxygen atoms in total. The van der Waals surface area contributed by atoms with E-state index in [4.69, 9.17) is 0 Å². The first-order chi connectivity index (χ1) is 4.61. The minimum absolute atomic E-state index is 0.0915. The predicted octanol–water partition coefficient (Wildman–Crippen LogP) is 3.05. The van der Waals surface area contributed by atoms with Crippen LogP contribution in [-0.2, 0) is 0 Å². The molecule has 0 saturated heterocycles. The first-order valence-electron chi connectivity index (χ1n) is 3.03. The molecule has 0 fully saturated rings. The zero-order valence-corrected chi connectivity index (χ0v) is 8.07. The second kappa shape index (κ2) is 2.86. The summed E-state index contributed by atoms with van der Waals surface area (Å²) >= 11 is 2.00. The molecule has 0 aliphatic heterocycles. The summed E-state index contributed by atoms with van der Waals surface area (Å²) in [5, 5.41) is 0. The van der Waals surface area contributed by atoms with Gasteiger partial charge in [0.2, 0.25) is 0 Å². The van der Waals surface area contributed by atoms with E-state index >= 15 is 0 Å². The van der Waals surface area contributed by atoms with Crippen molar-refractivity contribution in [1.29, 1.82) is 0 Å². The molecule has 0 atom stereocenters. The Morgan fingerprint density at radius 2 is 1.90 bits per heavy atom. The van der Waals surface area contributed by atoms with Crippen LogP contribution in [0.5, 0.6) is 0 Å². The van der Waals surface area contributed by atoms with E-state index in [1.54, 1.807) is 6.92 Å². The van der Waals surface area contributed by atoms with E-state index in [1.165, 1.54) is 0 Å². The molecule has 0 saturated carbocycles. The van der Waals surface area contributed by atoms with E-state index < -0.39 is 0 Å². The van der Waals surface area contributed by atoms with Crippen molar-refractivity contribution >= 4 is 22.6 Å². The van der Waals surface area contributed by atoms with Crippen LogP contribution in [-0.4, -0.2) is 0 Å². The molecule has 0 aliphatic rings. The Morgan fingerprint density at radius 1 is 1.30 bits per heavy atom. The normalized spacial score (nSPS) is 10.0. The third-order valence-corrected chi connectivity index (χ3v) is 2.14. The van der Waals surface area contributed by atoms with Crippen molar-refractivity contribution in [3.63, 3.8) is 0 Å². The van der Waals surface area contributed by atoms with Gasteiger partial charge in [-0.1, -0.05) is 6.07 Å². The van der Waals surface area contributed by atoms with Gasteiger partial charge in [-0.05, 0) is 53.6 Å². The standard InChI is InChI=1S/C8H8FI/c1-5-3-6(2)8(9)7(10)4-5/h3-4H,1-2H3. The highest BCUT2D eigenvalue weighted by Crippen LogP contribution is 2.16. The molecule has 0 heterocycles. The Bertz CT molecular complexity index is 232. The Balaban J connectivity index is 3.31. The van der Waals surface area contributed by atoms with Gasteiger partial charge in [0.25, 0.3) is 0 Å². The van der Waals surface area contributed by atoms with Crippen LogP contribution in [0.3, 0.4) is 0 Å². The molecule has 0 amide bonds. The lowest BCUT2D eigenvalue weighted by Crippen LogP contribution is -1.87. The van der Waals surface area contributed by atoms with Gasteiger partial charge in [-0.15, -0.1) is 0 Å². The monoisotopic (exact) mass is 250 g/mol. The van der Waals surface area contributed by atoms with Crippen LogP contribution in [0.4, 0.5) is 4.39 Å². The highest BCUT2D eigenvalue weighted by atomic mass is 127. The van der Waals surface area contributed by atoms with Gasteiger partial charge in [0.15, 0.2) is 0 Å². The summed E-state index contributed by atoms with van der Waals surface area (Å²) < 4.78 is 13.6. The van der Waals surface area contributed by atoms with Crippen LogP contribution in [0.15, 0.2) is 12.1 Å². The highest BCUT2D eigenvalue weighted by Gasteiger charge is 2.01. The summed E-state index contributed by atoms with van der Waals surface area (Å²) in [6.45, 7) is 3.75. The number of hydrogen-bond acceptors (Lipinski definition) is 0. The van der Waals surface area contributed by atoms with Gasteiger partial charge >= 0.3 is 0 Å². The maximum absolute atomic E-state index is 12.9. The molecule has 10 heavy (non-hydrogen) atoms. The van der Waals surface area contributed by atoms with E-state index in [9.17, 15) is 4.39 Å². The molecule has 0 N–H and O–H groups in total. The van der Waals surface area contributed by atoms with Gasteiger partial charge in [-0.2, -0.15) is 0 Å². The molecule has 0 bridgehead atoms. The molecule has 1 aromatic carbocycles. The molecular weight excluding hydrogens is 242 g/mol. The van der Waals surface area contributed by atoms with Crippen LogP contribution in [0.2, 0.25) is 0 Å². The average Bonchev–Trinajstić information content (AvgIpc) is 1.82. The van der Waals surface area contributed by atoms with E-state index in [2.05, 4.69) is 0 Å². The Hall–Kier alpha value is -0.120. The van der Waals surface area contributed by atoms with E-state index in [-0.39, 0.29) is 5.82 Å². The molecule has 2 heteroatoms. The van der Waals surface area contributed by atoms with Gasteiger partial charge in [0, 0.05) is 3.57 Å². The Kier molecular flexibility index (Phi) is 2.28. The highest BCUT2D eigenvalue weighted by molar-refractivity contribution is 14.1. The van der Waals surface area contributed by atoms with Gasteiger partial charge in [-0.3, -0.25) is 0 Å². The van der Waals surface area contributed by atoms with Crippen LogP contribution < -0.4 is 0 Å². The minimum atomic E-state index is -0.0915. The van der Waals surface area contributed by atoms with Crippen molar-refractivity contribution in [1.82, 2.24) is 0 Å². The zero-order valence-electron chi connectivity index (χ0n) is 5.91. The molecule has 1 rings (SSSR count). The molecule has 54 valence electrons. The summed E-state index contributed by atoms with van der Waals surface area (Å²) in [5.41, 5.74) is 1.84. The van der Waals surface area contributed by atoms with Gasteiger partial charge < -0.3 is 0 Å². The van der Waals surface area contributed by atoms with Crippen molar-refractivity contribution in [2.75, 3.05) is 0 Å². The Labute approximate surface area is 73.6 Å². The first kappa shape index (κ1) is 7.98. The summed E-state index contributed by atoms with van der Waals surface area (Å²) in [5.74, 6) is -0.0915.